The number of rotatable bonds is 0. The molecule has 0 rings (SSSR count). The van der Waals surface area contributed by atoms with Gasteiger partial charge in [-0.1, -0.05) is 0 Å². The van der Waals surface area contributed by atoms with Crippen molar-refractivity contribution in [1.82, 2.24) is 0 Å². The molecule has 0 radical (unpaired) electrons. The van der Waals surface area contributed by atoms with Crippen LogP contribution in [-0.4, -0.2) is 48.5 Å². The van der Waals surface area contributed by atoms with E-state index in [1.54, 1.807) is 0 Å². The van der Waals surface area contributed by atoms with Crippen molar-refractivity contribution in [2.45, 2.75) is 0 Å². The summed E-state index contributed by atoms with van der Waals surface area (Å²) in [5.41, 5.74) is 0. The van der Waals surface area contributed by atoms with Crippen LogP contribution in [0.25, 0.3) is 0 Å². The van der Waals surface area contributed by atoms with Gasteiger partial charge in [-0.25, -0.2) is 4.57 Å². The summed E-state index contributed by atoms with van der Waals surface area (Å²) in [7, 11) is -4.64. The molecule has 8 heavy (non-hydrogen) atoms. The van der Waals surface area contributed by atoms with Crippen LogP contribution in [0.15, 0.2) is 0 Å². The Bertz CT molecular complexity index is 54.7. The Kier molecular flexibility index (Phi) is 15.8. The molecule has 0 fully saturated rings. The van der Waals surface area contributed by atoms with Crippen LogP contribution in [0.2, 0.25) is 0 Å². The molecule has 0 atom stereocenters. The van der Waals surface area contributed by atoms with Crippen LogP contribution < -0.4 is 0 Å². The number of hydrogen-bond acceptors (Lipinski definition) is 2. The Morgan fingerprint density at radius 1 is 1.12 bits per heavy atom. The maximum absolute atomic E-state index is 8.88. The van der Waals surface area contributed by atoms with Gasteiger partial charge in [0.25, 0.3) is 0 Å². The molecule has 0 bridgehead atoms. The van der Waals surface area contributed by atoms with E-state index in [4.69, 9.17) is 22.4 Å². The summed E-state index contributed by atoms with van der Waals surface area (Å²) in [6, 6.07) is 0. The molecular formula is H8BiO6P. The average Bonchev–Trinajstić information content (AvgIpc) is 1.36. The first-order valence-corrected chi connectivity index (χ1v) is 4.61. The molecule has 0 aliphatic heterocycles. The molecule has 0 amide bonds. The predicted octanol–water partition coefficient (Wildman–Crippen LogP) is -3.23. The minimum atomic E-state index is -4.64. The molecular weight excluding hydrogens is 336 g/mol. The van der Waals surface area contributed by atoms with Crippen molar-refractivity contribution in [3.05, 3.63) is 0 Å². The van der Waals surface area contributed by atoms with Crippen LogP contribution in [-0.2, 0) is 4.57 Å². The van der Waals surface area contributed by atoms with Crippen molar-refractivity contribution in [2.24, 2.45) is 0 Å². The van der Waals surface area contributed by atoms with Gasteiger partial charge in [0.2, 0.25) is 0 Å². The van der Waals surface area contributed by atoms with Gasteiger partial charge in [-0.05, 0) is 0 Å². The van der Waals surface area contributed by atoms with E-state index >= 15 is 0 Å². The second kappa shape index (κ2) is 7.91. The molecule has 6 nitrogen and oxygen atoms in total. The summed E-state index contributed by atoms with van der Waals surface area (Å²) in [4.78, 5) is 21.6. The van der Waals surface area contributed by atoms with E-state index < -0.39 is 7.82 Å². The zero-order valence-corrected chi connectivity index (χ0v) is 9.10. The summed E-state index contributed by atoms with van der Waals surface area (Å²) < 4.78 is 16.0. The van der Waals surface area contributed by atoms with Crippen LogP contribution in [0, 0.1) is 0 Å². The van der Waals surface area contributed by atoms with Crippen LogP contribution >= 0.6 is 7.82 Å². The zero-order chi connectivity index (χ0) is 6.50. The first-order chi connectivity index (χ1) is 3.00. The number of hydrogen-bond donors (Lipinski definition) is 4. The maximum atomic E-state index is 8.88. The minimum absolute atomic E-state index is 0. The molecule has 0 unspecified atom stereocenters. The van der Waals surface area contributed by atoms with Gasteiger partial charge in [-0.3, -0.25) is 0 Å². The molecule has 0 aliphatic carbocycles. The third-order valence-corrected chi connectivity index (χ3v) is 0. The van der Waals surface area contributed by atoms with Crippen LogP contribution in [0.4, 0.5) is 0 Å². The van der Waals surface area contributed by atoms with E-state index in [-0.39, 0.29) is 30.6 Å². The van der Waals surface area contributed by atoms with Gasteiger partial charge >= 0.3 is 36.2 Å². The zero-order valence-electron chi connectivity index (χ0n) is 3.72. The fraction of sp³-hybridized carbons (Fsp3) is 0. The SMILES string of the molecule is O.O=P(O)(O)O.[OH][BiH2]. The topological polar surface area (TPSA) is 129 Å². The quantitative estimate of drug-likeness (QED) is 0.271. The monoisotopic (exact) mass is 344 g/mol. The third kappa shape index (κ3) is 290. The third-order valence-electron chi connectivity index (χ3n) is 0. The second-order valence-corrected chi connectivity index (χ2v) is 1.54. The first-order valence-electron chi connectivity index (χ1n) is 1.04. The van der Waals surface area contributed by atoms with Gasteiger partial charge in [0, 0.05) is 0 Å². The number of phosphoric acid groups is 1. The van der Waals surface area contributed by atoms with E-state index in [0.29, 0.717) is 0 Å². The Labute approximate surface area is 61.2 Å². The van der Waals surface area contributed by atoms with E-state index in [2.05, 4.69) is 0 Å². The Balaban J connectivity index is -0.0000000750. The Hall–Kier alpha value is 0.913. The molecule has 0 aromatic heterocycles. The molecule has 0 saturated carbocycles. The van der Waals surface area contributed by atoms with E-state index in [0.717, 1.165) is 0 Å². The van der Waals surface area contributed by atoms with E-state index in [1.165, 1.54) is 0 Å². The summed E-state index contributed by atoms with van der Waals surface area (Å²) in [6.07, 6.45) is 0. The van der Waals surface area contributed by atoms with Crippen molar-refractivity contribution in [3.63, 3.8) is 0 Å². The summed E-state index contributed by atoms with van der Waals surface area (Å²) in [6.45, 7) is 0. The normalized spacial score (nSPS) is 8.12. The van der Waals surface area contributed by atoms with E-state index in [9.17, 15) is 0 Å². The van der Waals surface area contributed by atoms with Crippen molar-refractivity contribution in [1.29, 1.82) is 0 Å². The van der Waals surface area contributed by atoms with Crippen LogP contribution in [0.3, 0.4) is 0 Å². The Morgan fingerprint density at radius 2 is 1.12 bits per heavy atom. The van der Waals surface area contributed by atoms with E-state index in [1.807, 2.05) is 0 Å². The van der Waals surface area contributed by atoms with Gasteiger partial charge in [0.1, 0.15) is 0 Å². The van der Waals surface area contributed by atoms with Gasteiger partial charge in [0.05, 0.1) is 0 Å². The van der Waals surface area contributed by atoms with Gasteiger partial charge in [-0.2, -0.15) is 0 Å². The molecule has 0 heterocycles. The van der Waals surface area contributed by atoms with Crippen molar-refractivity contribution >= 4 is 33.0 Å². The average molecular weight is 344 g/mol. The summed E-state index contributed by atoms with van der Waals surface area (Å²) >= 11 is 0.167. The summed E-state index contributed by atoms with van der Waals surface area (Å²) in [5, 5.41) is 0. The van der Waals surface area contributed by atoms with Gasteiger partial charge < -0.3 is 20.2 Å². The summed E-state index contributed by atoms with van der Waals surface area (Å²) in [5.74, 6) is 0. The molecule has 0 spiro atoms. The molecule has 0 saturated heterocycles. The standard InChI is InChI=1S/Bi.H3O4P.2H2O.2H/c;1-5(2,3)4;;;;/h;(H3,1,2,3,4);2*1H2;;/q+1;;;;;/p-1. The first kappa shape index (κ1) is 16.0. The van der Waals surface area contributed by atoms with Crippen molar-refractivity contribution in [3.8, 4) is 0 Å². The second-order valence-electron chi connectivity index (χ2n) is 0.513. The molecule has 54 valence electrons. The molecule has 0 aromatic carbocycles. The Morgan fingerprint density at radius 3 is 1.12 bits per heavy atom. The molecule has 6 N–H and O–H groups in total. The molecule has 0 aliphatic rings. The predicted molar refractivity (Wildman–Crippen MR) is 28.6 cm³/mol. The van der Waals surface area contributed by atoms with Gasteiger partial charge in [-0.15, -0.1) is 0 Å². The van der Waals surface area contributed by atoms with Crippen LogP contribution in [0.1, 0.15) is 0 Å². The molecule has 0 aromatic rings. The van der Waals surface area contributed by atoms with Crippen molar-refractivity contribution < 1.29 is 27.9 Å². The van der Waals surface area contributed by atoms with Crippen molar-refractivity contribution in [2.75, 3.05) is 0 Å². The fourth-order valence-electron chi connectivity index (χ4n) is 0. The van der Waals surface area contributed by atoms with Gasteiger partial charge in [0.15, 0.2) is 0 Å². The molecule has 8 heteroatoms. The van der Waals surface area contributed by atoms with Crippen LogP contribution in [0.5, 0.6) is 0 Å². The fourth-order valence-corrected chi connectivity index (χ4v) is 0.